The van der Waals surface area contributed by atoms with E-state index >= 15 is 0 Å². The molecule has 0 aliphatic heterocycles. The van der Waals surface area contributed by atoms with Crippen LogP contribution in [0.25, 0.3) is 0 Å². The van der Waals surface area contributed by atoms with Crippen LogP contribution in [0.1, 0.15) is 0 Å². The molecule has 0 amide bonds. The summed E-state index contributed by atoms with van der Waals surface area (Å²) in [6, 6.07) is 0. The molecule has 0 aliphatic rings. The summed E-state index contributed by atoms with van der Waals surface area (Å²) >= 11 is 0. The number of rotatable bonds is 0. The minimum atomic E-state index is 0. The van der Waals surface area contributed by atoms with Gasteiger partial charge in [0.1, 0.15) is 0 Å². The third-order valence-corrected chi connectivity index (χ3v) is 0. The summed E-state index contributed by atoms with van der Waals surface area (Å²) < 4.78 is 0. The van der Waals surface area contributed by atoms with E-state index in [2.05, 4.69) is 0 Å². The molecule has 0 spiro atoms. The Hall–Kier alpha value is 1.30. The summed E-state index contributed by atoms with van der Waals surface area (Å²) in [5.41, 5.74) is 0. The number of hydrogen-bond acceptors (Lipinski definition) is 0. The first-order valence-corrected chi connectivity index (χ1v) is 0. The van der Waals surface area contributed by atoms with Crippen molar-refractivity contribution in [1.82, 2.24) is 0 Å². The maximum Gasteiger partial charge on any atom is 2.00 e. The Morgan fingerprint density at radius 3 is 0.600 bits per heavy atom. The van der Waals surface area contributed by atoms with E-state index < -0.39 is 0 Å². The van der Waals surface area contributed by atoms with Crippen LogP contribution in [0.15, 0.2) is 0 Å². The Kier molecular flexibility index (Phi) is 1220. The molecule has 0 aromatic heterocycles. The normalized spacial score (nSPS) is 0. The average molecular weight is 189 g/mol. The molecule has 0 fully saturated rings. The molecule has 0 aromatic rings. The molecular formula is AgF3Mg. The topological polar surface area (TPSA) is 0 Å². The zero-order valence-corrected chi connectivity index (χ0v) is 5.04. The Bertz CT molecular complexity index is 6.85. The molecule has 34 valence electrons. The maximum atomic E-state index is 0. The van der Waals surface area contributed by atoms with Gasteiger partial charge in [0, 0.05) is 0 Å². The van der Waals surface area contributed by atoms with Gasteiger partial charge in [-0.05, 0) is 0 Å². The van der Waals surface area contributed by atoms with E-state index in [0.29, 0.717) is 0 Å². The van der Waals surface area contributed by atoms with E-state index in [4.69, 9.17) is 0 Å². The molecule has 0 aromatic carbocycles. The third kappa shape index (κ3) is 34.2. The maximum absolute atomic E-state index is 0. The minimum absolute atomic E-state index is 0. The van der Waals surface area contributed by atoms with Crippen molar-refractivity contribution < 1.29 is 36.5 Å². The molecule has 5 heavy (non-hydrogen) atoms. The fourth-order valence-corrected chi connectivity index (χ4v) is 0. The first-order valence-electron chi connectivity index (χ1n) is 0. The summed E-state index contributed by atoms with van der Waals surface area (Å²) in [5, 5.41) is 0. The van der Waals surface area contributed by atoms with E-state index in [0.717, 1.165) is 0 Å². The fourth-order valence-electron chi connectivity index (χ4n) is 0. The molecule has 0 N–H and O–H groups in total. The van der Waals surface area contributed by atoms with Crippen molar-refractivity contribution in [3.05, 3.63) is 0 Å². The van der Waals surface area contributed by atoms with Crippen LogP contribution >= 0.6 is 0 Å². The van der Waals surface area contributed by atoms with Crippen LogP contribution in [0, 0.1) is 0 Å². The molecule has 0 heterocycles. The van der Waals surface area contributed by atoms with Crippen molar-refractivity contribution in [3.63, 3.8) is 0 Å². The largest absolute Gasteiger partial charge is 2.00 e. The van der Waals surface area contributed by atoms with E-state index in [1.54, 1.807) is 0 Å². The van der Waals surface area contributed by atoms with Crippen LogP contribution in [-0.4, -0.2) is 23.1 Å². The molecule has 0 radical (unpaired) electrons. The monoisotopic (exact) mass is 188 g/mol. The minimum Gasteiger partial charge on any atom is -1.00 e. The van der Waals surface area contributed by atoms with Gasteiger partial charge in [-0.15, -0.1) is 0 Å². The van der Waals surface area contributed by atoms with E-state index in [9.17, 15) is 0 Å². The second-order valence-corrected chi connectivity index (χ2v) is 0. The van der Waals surface area contributed by atoms with Gasteiger partial charge in [0.2, 0.25) is 0 Å². The van der Waals surface area contributed by atoms with Crippen molar-refractivity contribution in [2.45, 2.75) is 0 Å². The van der Waals surface area contributed by atoms with Crippen LogP contribution in [0.5, 0.6) is 0 Å². The summed E-state index contributed by atoms with van der Waals surface area (Å²) in [7, 11) is 0. The predicted molar refractivity (Wildman–Crippen MR) is 5.75 cm³/mol. The Morgan fingerprint density at radius 1 is 0.600 bits per heavy atom. The van der Waals surface area contributed by atoms with E-state index in [-0.39, 0.29) is 59.5 Å². The van der Waals surface area contributed by atoms with Crippen LogP contribution in [-0.2, 0) is 22.4 Å². The number of halogens is 3. The van der Waals surface area contributed by atoms with Crippen molar-refractivity contribution in [2.75, 3.05) is 0 Å². The molecule has 0 unspecified atom stereocenters. The van der Waals surface area contributed by atoms with Crippen LogP contribution < -0.4 is 14.1 Å². The molecule has 5 heteroatoms. The van der Waals surface area contributed by atoms with Crippen molar-refractivity contribution in [3.8, 4) is 0 Å². The van der Waals surface area contributed by atoms with E-state index in [1.807, 2.05) is 0 Å². The first kappa shape index (κ1) is 105. The quantitative estimate of drug-likeness (QED) is 0.332. The van der Waals surface area contributed by atoms with Gasteiger partial charge in [-0.2, -0.15) is 0 Å². The van der Waals surface area contributed by atoms with Gasteiger partial charge >= 0.3 is 45.4 Å². The summed E-state index contributed by atoms with van der Waals surface area (Å²) in [5.74, 6) is 0. The van der Waals surface area contributed by atoms with Gasteiger partial charge < -0.3 is 14.1 Å². The molecule has 0 aliphatic carbocycles. The molecular weight excluding hydrogens is 189 g/mol. The number of hydrogen-bond donors (Lipinski definition) is 0. The zero-order valence-electron chi connectivity index (χ0n) is 2.14. The Morgan fingerprint density at radius 2 is 0.600 bits per heavy atom. The van der Waals surface area contributed by atoms with Gasteiger partial charge in [-0.3, -0.25) is 0 Å². The Labute approximate surface area is 59.5 Å². The first-order chi connectivity index (χ1) is 0. The van der Waals surface area contributed by atoms with Crippen LogP contribution in [0.2, 0.25) is 0 Å². The standard InChI is InChI=1S/Ag.3FH.Mg/h;3*1H;/q+1;;;;+2/p-3. The van der Waals surface area contributed by atoms with Gasteiger partial charge in [0.25, 0.3) is 0 Å². The summed E-state index contributed by atoms with van der Waals surface area (Å²) in [6.45, 7) is 0. The summed E-state index contributed by atoms with van der Waals surface area (Å²) in [6.07, 6.45) is 0. The Balaban J connectivity index is 0. The van der Waals surface area contributed by atoms with Crippen LogP contribution in [0.3, 0.4) is 0 Å². The van der Waals surface area contributed by atoms with Gasteiger partial charge in [-0.25, -0.2) is 0 Å². The summed E-state index contributed by atoms with van der Waals surface area (Å²) in [4.78, 5) is 0. The SMILES string of the molecule is [Ag+].[F-].[F-].[F-].[Mg+2]. The average Bonchev–Trinajstić information content (AvgIpc) is 0. The fraction of sp³-hybridized carbons (Fsp3) is 0. The molecule has 0 bridgehead atoms. The molecule has 0 saturated heterocycles. The third-order valence-electron chi connectivity index (χ3n) is 0. The van der Waals surface area contributed by atoms with Crippen molar-refractivity contribution in [2.24, 2.45) is 0 Å². The molecule has 0 saturated carbocycles. The predicted octanol–water partition coefficient (Wildman–Crippen LogP) is -9.37. The zero-order chi connectivity index (χ0) is 0. The molecule has 0 rings (SSSR count). The van der Waals surface area contributed by atoms with Gasteiger partial charge in [0.15, 0.2) is 0 Å². The second kappa shape index (κ2) is 58.2. The van der Waals surface area contributed by atoms with Gasteiger partial charge in [0.05, 0.1) is 0 Å². The second-order valence-electron chi connectivity index (χ2n) is 0. The smallest absolute Gasteiger partial charge is 1.00 e. The molecule has 0 nitrogen and oxygen atoms in total. The van der Waals surface area contributed by atoms with Crippen LogP contribution in [0.4, 0.5) is 0 Å². The molecule has 0 atom stereocenters. The van der Waals surface area contributed by atoms with E-state index in [1.165, 1.54) is 0 Å². The van der Waals surface area contributed by atoms with Crippen molar-refractivity contribution >= 4 is 23.1 Å². The van der Waals surface area contributed by atoms with Gasteiger partial charge in [-0.1, -0.05) is 0 Å². The van der Waals surface area contributed by atoms with Crippen molar-refractivity contribution in [1.29, 1.82) is 0 Å².